The average molecular weight is 280 g/mol. The van der Waals surface area contributed by atoms with Gasteiger partial charge in [-0.1, -0.05) is 6.07 Å². The summed E-state index contributed by atoms with van der Waals surface area (Å²) in [6.45, 7) is 2.80. The van der Waals surface area contributed by atoms with E-state index in [1.165, 1.54) is 23.9 Å². The summed E-state index contributed by atoms with van der Waals surface area (Å²) in [7, 11) is 0. The van der Waals surface area contributed by atoms with Crippen molar-refractivity contribution in [1.29, 1.82) is 0 Å². The molecule has 100 valence electrons. The molecule has 0 fully saturated rings. The number of aromatic nitrogens is 1. The minimum Gasteiger partial charge on any atom is -0.370 e. The number of benzene rings is 1. The molecule has 2 nitrogen and oxygen atoms in total. The van der Waals surface area contributed by atoms with E-state index >= 15 is 0 Å². The maximum absolute atomic E-state index is 13.5. The number of anilines is 1. The molecule has 1 N–H and O–H groups in total. The molecule has 0 atom stereocenters. The Morgan fingerprint density at radius 2 is 2.05 bits per heavy atom. The summed E-state index contributed by atoms with van der Waals surface area (Å²) in [6.07, 6.45) is 0. The van der Waals surface area contributed by atoms with Crippen LogP contribution in [0.25, 0.3) is 0 Å². The van der Waals surface area contributed by atoms with Crippen molar-refractivity contribution in [3.8, 4) is 0 Å². The van der Waals surface area contributed by atoms with Crippen molar-refractivity contribution in [2.24, 2.45) is 0 Å². The molecule has 1 heterocycles. The monoisotopic (exact) mass is 280 g/mol. The van der Waals surface area contributed by atoms with Crippen LogP contribution in [0.5, 0.6) is 0 Å². The number of nitrogens with zero attached hydrogens (tertiary/aromatic N) is 1. The van der Waals surface area contributed by atoms with Gasteiger partial charge in [0.05, 0.1) is 5.69 Å². The first-order valence-corrected chi connectivity index (χ1v) is 6.95. The molecule has 0 radical (unpaired) electrons. The highest BCUT2D eigenvalue weighted by Gasteiger charge is 2.05. The van der Waals surface area contributed by atoms with Crippen molar-refractivity contribution >= 4 is 17.6 Å². The largest absolute Gasteiger partial charge is 0.370 e. The van der Waals surface area contributed by atoms with Gasteiger partial charge in [0.1, 0.15) is 17.5 Å². The Balaban J connectivity index is 2.03. The smallest absolute Gasteiger partial charge is 0.139 e. The third-order valence-electron chi connectivity index (χ3n) is 2.43. The van der Waals surface area contributed by atoms with Crippen LogP contribution < -0.4 is 5.32 Å². The second-order valence-electron chi connectivity index (χ2n) is 3.91. The predicted octanol–water partition coefficient (Wildman–Crippen LogP) is 4.08. The SMILES string of the molecule is CCNc1cccc(CSc2ccc(F)cc2F)n1. The Bertz CT molecular complexity index is 561. The molecule has 0 saturated carbocycles. The van der Waals surface area contributed by atoms with Crippen molar-refractivity contribution in [1.82, 2.24) is 4.98 Å². The Hall–Kier alpha value is -1.62. The van der Waals surface area contributed by atoms with E-state index in [1.54, 1.807) is 0 Å². The van der Waals surface area contributed by atoms with Gasteiger partial charge < -0.3 is 5.32 Å². The number of pyridine rings is 1. The highest BCUT2D eigenvalue weighted by atomic mass is 32.2. The third kappa shape index (κ3) is 3.92. The molecule has 0 amide bonds. The summed E-state index contributed by atoms with van der Waals surface area (Å²) >= 11 is 1.30. The number of rotatable bonds is 5. The molecule has 19 heavy (non-hydrogen) atoms. The summed E-state index contributed by atoms with van der Waals surface area (Å²) in [5.74, 6) is 0.254. The number of thioether (sulfide) groups is 1. The molecule has 2 aromatic rings. The topological polar surface area (TPSA) is 24.9 Å². The molecular weight excluding hydrogens is 266 g/mol. The second-order valence-corrected chi connectivity index (χ2v) is 4.93. The van der Waals surface area contributed by atoms with E-state index in [0.29, 0.717) is 10.6 Å². The molecule has 2 rings (SSSR count). The molecule has 1 aromatic heterocycles. The van der Waals surface area contributed by atoms with Crippen molar-refractivity contribution in [2.45, 2.75) is 17.6 Å². The highest BCUT2D eigenvalue weighted by molar-refractivity contribution is 7.98. The van der Waals surface area contributed by atoms with Crippen molar-refractivity contribution in [3.05, 3.63) is 53.7 Å². The quantitative estimate of drug-likeness (QED) is 0.835. The fourth-order valence-electron chi connectivity index (χ4n) is 1.58. The minimum atomic E-state index is -0.561. The van der Waals surface area contributed by atoms with Crippen LogP contribution in [-0.4, -0.2) is 11.5 Å². The van der Waals surface area contributed by atoms with Crippen LogP contribution in [0.1, 0.15) is 12.6 Å². The zero-order valence-corrected chi connectivity index (χ0v) is 11.3. The van der Waals surface area contributed by atoms with E-state index in [1.807, 2.05) is 25.1 Å². The van der Waals surface area contributed by atoms with Gasteiger partial charge in [0.15, 0.2) is 0 Å². The number of hydrogen-bond donors (Lipinski definition) is 1. The number of nitrogens with one attached hydrogen (secondary N) is 1. The number of halogens is 2. The van der Waals surface area contributed by atoms with E-state index in [4.69, 9.17) is 0 Å². The third-order valence-corrected chi connectivity index (χ3v) is 3.52. The Kier molecular flexibility index (Phi) is 4.74. The van der Waals surface area contributed by atoms with Crippen LogP contribution in [0.3, 0.4) is 0 Å². The summed E-state index contributed by atoms with van der Waals surface area (Å²) in [4.78, 5) is 4.82. The fourth-order valence-corrected chi connectivity index (χ4v) is 2.41. The molecule has 5 heteroatoms. The van der Waals surface area contributed by atoms with E-state index in [9.17, 15) is 8.78 Å². The molecule has 0 spiro atoms. The number of hydrogen-bond acceptors (Lipinski definition) is 3. The zero-order chi connectivity index (χ0) is 13.7. The van der Waals surface area contributed by atoms with Crippen molar-refractivity contribution in [2.75, 3.05) is 11.9 Å². The maximum atomic E-state index is 13.5. The van der Waals surface area contributed by atoms with Gasteiger partial charge in [-0.15, -0.1) is 11.8 Å². The molecule has 0 aliphatic rings. The first-order chi connectivity index (χ1) is 9.19. The van der Waals surface area contributed by atoms with E-state index in [0.717, 1.165) is 24.1 Å². The summed E-state index contributed by atoms with van der Waals surface area (Å²) < 4.78 is 26.2. The molecular formula is C14H14F2N2S. The first kappa shape index (κ1) is 13.8. The predicted molar refractivity (Wildman–Crippen MR) is 74.3 cm³/mol. The lowest BCUT2D eigenvalue weighted by Gasteiger charge is -2.06. The maximum Gasteiger partial charge on any atom is 0.139 e. The van der Waals surface area contributed by atoms with Crippen LogP contribution in [0.4, 0.5) is 14.6 Å². The van der Waals surface area contributed by atoms with Crippen LogP contribution in [0, 0.1) is 11.6 Å². The Morgan fingerprint density at radius 3 is 2.79 bits per heavy atom. The lowest BCUT2D eigenvalue weighted by atomic mass is 10.3. The minimum absolute atomic E-state index is 0.428. The molecule has 0 unspecified atom stereocenters. The average Bonchev–Trinajstić information content (AvgIpc) is 2.38. The van der Waals surface area contributed by atoms with Gasteiger partial charge in [-0.3, -0.25) is 0 Å². The van der Waals surface area contributed by atoms with Gasteiger partial charge in [-0.2, -0.15) is 0 Å². The Morgan fingerprint density at radius 1 is 1.21 bits per heavy atom. The molecule has 0 bridgehead atoms. The van der Waals surface area contributed by atoms with Gasteiger partial charge in [0.25, 0.3) is 0 Å². The van der Waals surface area contributed by atoms with Gasteiger partial charge in [-0.25, -0.2) is 13.8 Å². The molecule has 0 aliphatic carbocycles. The van der Waals surface area contributed by atoms with Gasteiger partial charge in [0.2, 0.25) is 0 Å². The standard InChI is InChI=1S/C14H14F2N2S/c1-2-17-14-5-3-4-11(18-14)9-19-13-7-6-10(15)8-12(13)16/h3-8H,2,9H2,1H3,(H,17,18). The molecule has 1 aromatic carbocycles. The molecule has 0 saturated heterocycles. The Labute approximate surface area is 115 Å². The fraction of sp³-hybridized carbons (Fsp3) is 0.214. The van der Waals surface area contributed by atoms with Crippen LogP contribution >= 0.6 is 11.8 Å². The van der Waals surface area contributed by atoms with E-state index in [-0.39, 0.29) is 0 Å². The van der Waals surface area contributed by atoms with Crippen LogP contribution in [0.2, 0.25) is 0 Å². The second kappa shape index (κ2) is 6.52. The molecule has 0 aliphatic heterocycles. The van der Waals surface area contributed by atoms with Gasteiger partial charge >= 0.3 is 0 Å². The van der Waals surface area contributed by atoms with Crippen LogP contribution in [0.15, 0.2) is 41.3 Å². The lowest BCUT2D eigenvalue weighted by molar-refractivity contribution is 0.565. The first-order valence-electron chi connectivity index (χ1n) is 5.96. The van der Waals surface area contributed by atoms with Gasteiger partial charge in [0, 0.05) is 23.3 Å². The van der Waals surface area contributed by atoms with Crippen LogP contribution in [-0.2, 0) is 5.75 Å². The normalized spacial score (nSPS) is 10.5. The summed E-state index contributed by atoms with van der Waals surface area (Å²) in [5, 5.41) is 3.12. The van der Waals surface area contributed by atoms with Crippen molar-refractivity contribution < 1.29 is 8.78 Å². The summed E-state index contributed by atoms with van der Waals surface area (Å²) in [6, 6.07) is 9.27. The van der Waals surface area contributed by atoms with Gasteiger partial charge in [-0.05, 0) is 31.2 Å². The zero-order valence-electron chi connectivity index (χ0n) is 10.5. The lowest BCUT2D eigenvalue weighted by Crippen LogP contribution is -2.00. The van der Waals surface area contributed by atoms with Crippen molar-refractivity contribution in [3.63, 3.8) is 0 Å². The summed E-state index contributed by atoms with van der Waals surface area (Å²) in [5.41, 5.74) is 0.854. The van der Waals surface area contributed by atoms with E-state index in [2.05, 4.69) is 10.3 Å². The van der Waals surface area contributed by atoms with E-state index < -0.39 is 11.6 Å². The highest BCUT2D eigenvalue weighted by Crippen LogP contribution is 2.25.